The van der Waals surface area contributed by atoms with Crippen LogP contribution < -0.4 is 9.75 Å². The number of hydrogen-bond donors (Lipinski definition) is 0. The van der Waals surface area contributed by atoms with E-state index >= 15 is 0 Å². The number of nitrogens with zero attached hydrogens (tertiary/aromatic N) is 4. The van der Waals surface area contributed by atoms with Crippen LogP contribution in [0.15, 0.2) is 101 Å². The molecule has 1 atom stereocenters. The first-order chi connectivity index (χ1) is 17.2. The summed E-state index contributed by atoms with van der Waals surface area (Å²) in [5.74, 6) is 2.11. The van der Waals surface area contributed by atoms with Crippen LogP contribution in [0.3, 0.4) is 0 Å². The first-order valence-electron chi connectivity index (χ1n) is 11.3. The second-order valence-corrected chi connectivity index (χ2v) is 8.69. The highest BCUT2D eigenvalue weighted by Gasteiger charge is 2.34. The fourth-order valence-electron chi connectivity index (χ4n) is 4.36. The maximum absolute atomic E-state index is 6.34. The van der Waals surface area contributed by atoms with Crippen LogP contribution in [0.2, 0.25) is 5.02 Å². The van der Waals surface area contributed by atoms with Crippen LogP contribution in [0, 0.1) is 0 Å². The Bertz CT molecular complexity index is 1520. The summed E-state index contributed by atoms with van der Waals surface area (Å²) in [5.41, 5.74) is 4.52. The van der Waals surface area contributed by atoms with E-state index in [0.29, 0.717) is 17.4 Å². The molecule has 6 rings (SSSR count). The van der Waals surface area contributed by atoms with Crippen molar-refractivity contribution in [1.82, 2.24) is 9.97 Å². The van der Waals surface area contributed by atoms with Crippen LogP contribution >= 0.6 is 11.6 Å². The number of fused-ring (bicyclic) bond motifs is 1. The van der Waals surface area contributed by atoms with E-state index in [-0.39, 0.29) is 6.04 Å². The Labute approximate surface area is 207 Å². The van der Waals surface area contributed by atoms with E-state index in [1.807, 2.05) is 89.9 Å². The predicted molar refractivity (Wildman–Crippen MR) is 138 cm³/mol. The molecule has 172 valence electrons. The van der Waals surface area contributed by atoms with Crippen molar-refractivity contribution >= 4 is 34.2 Å². The van der Waals surface area contributed by atoms with Gasteiger partial charge in [-0.05, 0) is 60.2 Å². The molecule has 0 radical (unpaired) electrons. The number of furan rings is 1. The van der Waals surface area contributed by atoms with Crippen molar-refractivity contribution in [3.63, 3.8) is 0 Å². The molecule has 0 amide bonds. The molecule has 7 heteroatoms. The highest BCUT2D eigenvalue weighted by atomic mass is 35.5. The highest BCUT2D eigenvalue weighted by molar-refractivity contribution is 6.31. The minimum Gasteiger partial charge on any atom is -0.497 e. The molecule has 0 N–H and O–H groups in total. The Kier molecular flexibility index (Phi) is 5.43. The summed E-state index contributed by atoms with van der Waals surface area (Å²) < 4.78 is 11.1. The lowest BCUT2D eigenvalue weighted by atomic mass is 10.0. The average Bonchev–Trinajstić information content (AvgIpc) is 3.59. The molecule has 0 bridgehead atoms. The number of halogens is 1. The van der Waals surface area contributed by atoms with Crippen molar-refractivity contribution in [3.05, 3.63) is 108 Å². The van der Waals surface area contributed by atoms with Crippen molar-refractivity contribution in [2.24, 2.45) is 5.10 Å². The zero-order valence-corrected chi connectivity index (χ0v) is 19.7. The lowest BCUT2D eigenvalue weighted by Gasteiger charge is -2.21. The lowest BCUT2D eigenvalue weighted by Crippen LogP contribution is -2.20. The Morgan fingerprint density at radius 2 is 1.74 bits per heavy atom. The number of methoxy groups -OCH3 is 1. The summed E-state index contributed by atoms with van der Waals surface area (Å²) in [6, 6.07) is 27.3. The van der Waals surface area contributed by atoms with E-state index in [1.165, 1.54) is 0 Å². The Morgan fingerprint density at radius 1 is 0.914 bits per heavy atom. The molecule has 1 aliphatic rings. The summed E-state index contributed by atoms with van der Waals surface area (Å²) >= 11 is 6.34. The van der Waals surface area contributed by atoms with Crippen LogP contribution in [-0.4, -0.2) is 22.8 Å². The van der Waals surface area contributed by atoms with E-state index in [0.717, 1.165) is 44.9 Å². The lowest BCUT2D eigenvalue weighted by molar-refractivity contribution is 0.415. The highest BCUT2D eigenvalue weighted by Crippen LogP contribution is 2.38. The first kappa shape index (κ1) is 21.4. The van der Waals surface area contributed by atoms with Gasteiger partial charge in [0, 0.05) is 22.4 Å². The predicted octanol–water partition coefficient (Wildman–Crippen LogP) is 6.91. The minimum atomic E-state index is -0.171. The molecular weight excluding hydrogens is 460 g/mol. The first-order valence-corrected chi connectivity index (χ1v) is 11.6. The van der Waals surface area contributed by atoms with Gasteiger partial charge in [-0.1, -0.05) is 41.9 Å². The molecule has 1 unspecified atom stereocenters. The molecule has 35 heavy (non-hydrogen) atoms. The van der Waals surface area contributed by atoms with Crippen molar-refractivity contribution in [3.8, 4) is 17.0 Å². The molecule has 3 aromatic carbocycles. The maximum Gasteiger partial charge on any atom is 0.248 e. The van der Waals surface area contributed by atoms with E-state index in [1.54, 1.807) is 13.4 Å². The number of ether oxygens (including phenoxy) is 1. The minimum absolute atomic E-state index is 0.171. The van der Waals surface area contributed by atoms with Gasteiger partial charge in [0.25, 0.3) is 0 Å². The standard InChI is InChI=1S/C28H21ClN4O2/c1-34-21-12-9-18(10-13-21)24-17-25(26-8-5-15-35-26)33(32-24)28-30-23-14-11-20(29)16-22(23)27(31-28)19-6-3-2-4-7-19/h2-16,25H,17H2,1H3. The Balaban J connectivity index is 1.51. The third-order valence-electron chi connectivity index (χ3n) is 6.10. The zero-order chi connectivity index (χ0) is 23.8. The van der Waals surface area contributed by atoms with Crippen molar-refractivity contribution in [2.75, 3.05) is 12.1 Å². The topological polar surface area (TPSA) is 63.8 Å². The Morgan fingerprint density at radius 3 is 2.49 bits per heavy atom. The monoisotopic (exact) mass is 480 g/mol. The summed E-state index contributed by atoms with van der Waals surface area (Å²) in [6.07, 6.45) is 2.33. The van der Waals surface area contributed by atoms with Gasteiger partial charge in [0.05, 0.1) is 30.3 Å². The molecule has 1 aliphatic heterocycles. The van der Waals surface area contributed by atoms with Crippen molar-refractivity contribution in [2.45, 2.75) is 12.5 Å². The smallest absolute Gasteiger partial charge is 0.248 e. The molecule has 0 fully saturated rings. The molecule has 0 saturated heterocycles. The maximum atomic E-state index is 6.34. The molecule has 0 spiro atoms. The number of aromatic nitrogens is 2. The number of hydrogen-bond acceptors (Lipinski definition) is 6. The van der Waals surface area contributed by atoms with Crippen molar-refractivity contribution < 1.29 is 9.15 Å². The number of benzene rings is 3. The Hall–Kier alpha value is -4.16. The van der Waals surface area contributed by atoms with Gasteiger partial charge < -0.3 is 9.15 Å². The number of rotatable bonds is 5. The van der Waals surface area contributed by atoms with Crippen LogP contribution in [-0.2, 0) is 0 Å². The quantitative estimate of drug-likeness (QED) is 0.273. The van der Waals surface area contributed by atoms with Crippen LogP contribution in [0.4, 0.5) is 5.95 Å². The van der Waals surface area contributed by atoms with Crippen LogP contribution in [0.5, 0.6) is 5.75 Å². The van der Waals surface area contributed by atoms with Crippen molar-refractivity contribution in [1.29, 1.82) is 0 Å². The fourth-order valence-corrected chi connectivity index (χ4v) is 4.53. The van der Waals surface area contributed by atoms with E-state index in [9.17, 15) is 0 Å². The van der Waals surface area contributed by atoms with Gasteiger partial charge in [-0.15, -0.1) is 0 Å². The molecule has 2 aromatic heterocycles. The third kappa shape index (κ3) is 4.02. The molecule has 6 nitrogen and oxygen atoms in total. The second kappa shape index (κ2) is 8.89. The van der Waals surface area contributed by atoms with E-state index in [2.05, 4.69) is 0 Å². The number of anilines is 1. The van der Waals surface area contributed by atoms with Crippen LogP contribution in [0.1, 0.15) is 23.8 Å². The second-order valence-electron chi connectivity index (χ2n) is 8.25. The summed E-state index contributed by atoms with van der Waals surface area (Å²) in [4.78, 5) is 9.88. The molecule has 0 saturated carbocycles. The van der Waals surface area contributed by atoms with Gasteiger partial charge >= 0.3 is 0 Å². The van der Waals surface area contributed by atoms with Gasteiger partial charge in [0.15, 0.2) is 0 Å². The molecular formula is C28H21ClN4O2. The van der Waals surface area contributed by atoms with Gasteiger partial charge in [0.2, 0.25) is 5.95 Å². The van der Waals surface area contributed by atoms with E-state index in [4.69, 9.17) is 35.8 Å². The molecule has 3 heterocycles. The molecule has 0 aliphatic carbocycles. The summed E-state index contributed by atoms with van der Waals surface area (Å²) in [7, 11) is 1.66. The van der Waals surface area contributed by atoms with E-state index < -0.39 is 0 Å². The van der Waals surface area contributed by atoms with Gasteiger partial charge in [-0.3, -0.25) is 0 Å². The summed E-state index contributed by atoms with van der Waals surface area (Å²) in [5, 5.41) is 8.37. The number of hydrazone groups is 1. The van der Waals surface area contributed by atoms with Gasteiger partial charge in [-0.2, -0.15) is 5.10 Å². The van der Waals surface area contributed by atoms with Gasteiger partial charge in [-0.25, -0.2) is 15.0 Å². The largest absolute Gasteiger partial charge is 0.497 e. The van der Waals surface area contributed by atoms with Crippen LogP contribution in [0.25, 0.3) is 22.2 Å². The molecule has 5 aromatic rings. The average molecular weight is 481 g/mol. The normalized spacial score (nSPS) is 15.4. The van der Waals surface area contributed by atoms with Gasteiger partial charge in [0.1, 0.15) is 17.6 Å². The third-order valence-corrected chi connectivity index (χ3v) is 6.34. The SMILES string of the molecule is COc1ccc(C2=NN(c3nc(-c4ccccc4)c4cc(Cl)ccc4n3)C(c3ccco3)C2)cc1. The fraction of sp³-hybridized carbons (Fsp3) is 0.107. The summed E-state index contributed by atoms with van der Waals surface area (Å²) in [6.45, 7) is 0. The zero-order valence-electron chi connectivity index (χ0n) is 18.9.